The Morgan fingerprint density at radius 2 is 1.87 bits per heavy atom. The van der Waals surface area contributed by atoms with E-state index in [1.165, 1.54) is 18.4 Å². The first-order valence-corrected chi connectivity index (χ1v) is 5.52. The number of hydrogen-bond acceptors (Lipinski definition) is 3. The first-order valence-electron chi connectivity index (χ1n) is 5.52. The second kappa shape index (κ2) is 5.10. The lowest BCUT2D eigenvalue weighted by molar-refractivity contribution is 0.372. The van der Waals surface area contributed by atoms with Gasteiger partial charge < -0.3 is 4.74 Å². The standard InChI is InChI=1S/C12H20N2O/c1-5-7-12(3,6-2)10-8-13-11(15-4)14-9-10/h8-9H,5-7H2,1-4H3. The Bertz CT molecular complexity index is 297. The molecule has 0 bridgehead atoms. The molecule has 1 heterocycles. The SMILES string of the molecule is CCCC(C)(CC)c1cnc(OC)nc1. The highest BCUT2D eigenvalue weighted by molar-refractivity contribution is 5.19. The van der Waals surface area contributed by atoms with Crippen LogP contribution in [0.15, 0.2) is 12.4 Å². The molecule has 0 aliphatic rings. The average molecular weight is 208 g/mol. The van der Waals surface area contributed by atoms with E-state index in [0.717, 1.165) is 6.42 Å². The van der Waals surface area contributed by atoms with Gasteiger partial charge in [-0.1, -0.05) is 27.2 Å². The van der Waals surface area contributed by atoms with Crippen LogP contribution >= 0.6 is 0 Å². The van der Waals surface area contributed by atoms with Crippen LogP contribution in [0.1, 0.15) is 45.6 Å². The van der Waals surface area contributed by atoms with Gasteiger partial charge in [-0.2, -0.15) is 0 Å². The second-order valence-electron chi connectivity index (χ2n) is 4.12. The monoisotopic (exact) mass is 208 g/mol. The molecular formula is C12H20N2O. The highest BCUT2D eigenvalue weighted by atomic mass is 16.5. The van der Waals surface area contributed by atoms with Crippen molar-refractivity contribution in [2.24, 2.45) is 0 Å². The maximum absolute atomic E-state index is 4.95. The van der Waals surface area contributed by atoms with Crippen molar-refractivity contribution >= 4 is 0 Å². The summed E-state index contributed by atoms with van der Waals surface area (Å²) in [5.41, 5.74) is 1.40. The van der Waals surface area contributed by atoms with Gasteiger partial charge in [0.2, 0.25) is 0 Å². The molecule has 0 fully saturated rings. The Labute approximate surface area is 91.9 Å². The fourth-order valence-corrected chi connectivity index (χ4v) is 1.81. The summed E-state index contributed by atoms with van der Waals surface area (Å²) in [6.45, 7) is 6.68. The van der Waals surface area contributed by atoms with Gasteiger partial charge in [0.05, 0.1) is 7.11 Å². The smallest absolute Gasteiger partial charge is 0.316 e. The van der Waals surface area contributed by atoms with Gasteiger partial charge >= 0.3 is 6.01 Å². The largest absolute Gasteiger partial charge is 0.467 e. The molecule has 3 nitrogen and oxygen atoms in total. The molecule has 1 aromatic rings. The van der Waals surface area contributed by atoms with Crippen LogP contribution in [0, 0.1) is 0 Å². The molecule has 0 saturated heterocycles. The van der Waals surface area contributed by atoms with E-state index in [0.29, 0.717) is 6.01 Å². The minimum absolute atomic E-state index is 0.195. The summed E-state index contributed by atoms with van der Waals surface area (Å²) in [4.78, 5) is 8.32. The van der Waals surface area contributed by atoms with E-state index in [1.54, 1.807) is 7.11 Å². The Kier molecular flexibility index (Phi) is 4.06. The third-order valence-corrected chi connectivity index (χ3v) is 3.09. The van der Waals surface area contributed by atoms with E-state index in [9.17, 15) is 0 Å². The third kappa shape index (κ3) is 2.67. The van der Waals surface area contributed by atoms with Crippen molar-refractivity contribution in [3.8, 4) is 6.01 Å². The summed E-state index contributed by atoms with van der Waals surface area (Å²) in [5, 5.41) is 0. The van der Waals surface area contributed by atoms with Gasteiger partial charge in [-0.3, -0.25) is 0 Å². The molecule has 0 saturated carbocycles. The molecule has 15 heavy (non-hydrogen) atoms. The van der Waals surface area contributed by atoms with Gasteiger partial charge in [0.25, 0.3) is 0 Å². The first-order chi connectivity index (χ1) is 7.16. The molecule has 1 rings (SSSR count). The van der Waals surface area contributed by atoms with Crippen molar-refractivity contribution in [1.82, 2.24) is 9.97 Å². The molecular weight excluding hydrogens is 188 g/mol. The van der Waals surface area contributed by atoms with Crippen LogP contribution in [-0.4, -0.2) is 17.1 Å². The van der Waals surface area contributed by atoms with Gasteiger partial charge in [-0.25, -0.2) is 9.97 Å². The summed E-state index contributed by atoms with van der Waals surface area (Å²) < 4.78 is 4.95. The molecule has 0 spiro atoms. The predicted octanol–water partition coefficient (Wildman–Crippen LogP) is 2.95. The lowest BCUT2D eigenvalue weighted by Crippen LogP contribution is -2.21. The lowest BCUT2D eigenvalue weighted by Gasteiger charge is -2.27. The number of nitrogens with zero attached hydrogens (tertiary/aromatic N) is 2. The van der Waals surface area contributed by atoms with Crippen molar-refractivity contribution < 1.29 is 4.74 Å². The van der Waals surface area contributed by atoms with Gasteiger partial charge in [-0.15, -0.1) is 0 Å². The van der Waals surface area contributed by atoms with Crippen LogP contribution in [0.3, 0.4) is 0 Å². The minimum atomic E-state index is 0.195. The summed E-state index contributed by atoms with van der Waals surface area (Å²) in [6, 6.07) is 0.439. The third-order valence-electron chi connectivity index (χ3n) is 3.09. The predicted molar refractivity (Wildman–Crippen MR) is 61.1 cm³/mol. The molecule has 0 amide bonds. The number of methoxy groups -OCH3 is 1. The van der Waals surface area contributed by atoms with Crippen LogP contribution in [0.4, 0.5) is 0 Å². The molecule has 0 aliphatic carbocycles. The van der Waals surface area contributed by atoms with E-state index in [-0.39, 0.29) is 5.41 Å². The molecule has 84 valence electrons. The Balaban J connectivity index is 2.92. The molecule has 1 unspecified atom stereocenters. The number of hydrogen-bond donors (Lipinski definition) is 0. The molecule has 0 N–H and O–H groups in total. The minimum Gasteiger partial charge on any atom is -0.467 e. The van der Waals surface area contributed by atoms with E-state index in [2.05, 4.69) is 30.7 Å². The van der Waals surface area contributed by atoms with Crippen molar-refractivity contribution in [2.75, 3.05) is 7.11 Å². The highest BCUT2D eigenvalue weighted by Crippen LogP contribution is 2.31. The maximum Gasteiger partial charge on any atom is 0.316 e. The van der Waals surface area contributed by atoms with E-state index >= 15 is 0 Å². The zero-order valence-corrected chi connectivity index (χ0v) is 10.1. The van der Waals surface area contributed by atoms with Crippen LogP contribution in [0.5, 0.6) is 6.01 Å². The van der Waals surface area contributed by atoms with Crippen LogP contribution in [0.25, 0.3) is 0 Å². The van der Waals surface area contributed by atoms with Gasteiger partial charge in [-0.05, 0) is 23.8 Å². The second-order valence-corrected chi connectivity index (χ2v) is 4.12. The van der Waals surface area contributed by atoms with Gasteiger partial charge in [0.1, 0.15) is 0 Å². The van der Waals surface area contributed by atoms with Crippen molar-refractivity contribution in [1.29, 1.82) is 0 Å². The zero-order valence-electron chi connectivity index (χ0n) is 10.1. The molecule has 3 heteroatoms. The highest BCUT2D eigenvalue weighted by Gasteiger charge is 2.24. The summed E-state index contributed by atoms with van der Waals surface area (Å²) in [5.74, 6) is 0. The molecule has 1 aromatic heterocycles. The summed E-state index contributed by atoms with van der Waals surface area (Å²) >= 11 is 0. The van der Waals surface area contributed by atoms with Crippen LogP contribution in [-0.2, 0) is 5.41 Å². The zero-order chi connectivity index (χ0) is 11.3. The van der Waals surface area contributed by atoms with Crippen LogP contribution in [0.2, 0.25) is 0 Å². The lowest BCUT2D eigenvalue weighted by atomic mass is 9.78. The van der Waals surface area contributed by atoms with Crippen molar-refractivity contribution in [2.45, 2.75) is 45.4 Å². The first kappa shape index (κ1) is 12.0. The van der Waals surface area contributed by atoms with Gasteiger partial charge in [0.15, 0.2) is 0 Å². The Morgan fingerprint density at radius 1 is 1.27 bits per heavy atom. The van der Waals surface area contributed by atoms with Gasteiger partial charge in [0, 0.05) is 12.4 Å². The van der Waals surface area contributed by atoms with Crippen LogP contribution < -0.4 is 4.74 Å². The molecule has 0 aromatic carbocycles. The Hall–Kier alpha value is -1.12. The van der Waals surface area contributed by atoms with E-state index in [1.807, 2.05) is 12.4 Å². The normalized spacial score (nSPS) is 14.7. The van der Waals surface area contributed by atoms with Crippen molar-refractivity contribution in [3.63, 3.8) is 0 Å². The summed E-state index contributed by atoms with van der Waals surface area (Å²) in [6.07, 6.45) is 7.21. The average Bonchev–Trinajstić information content (AvgIpc) is 2.29. The number of rotatable bonds is 5. The number of aromatic nitrogens is 2. The van der Waals surface area contributed by atoms with Crippen molar-refractivity contribution in [3.05, 3.63) is 18.0 Å². The fraction of sp³-hybridized carbons (Fsp3) is 0.667. The van der Waals surface area contributed by atoms with E-state index < -0.39 is 0 Å². The molecule has 1 atom stereocenters. The molecule has 0 radical (unpaired) electrons. The van der Waals surface area contributed by atoms with E-state index in [4.69, 9.17) is 4.74 Å². The fourth-order valence-electron chi connectivity index (χ4n) is 1.81. The quantitative estimate of drug-likeness (QED) is 0.746. The number of ether oxygens (including phenoxy) is 1. The summed E-state index contributed by atoms with van der Waals surface area (Å²) in [7, 11) is 1.58. The topological polar surface area (TPSA) is 35.0 Å². The maximum atomic E-state index is 4.95. The molecule has 0 aliphatic heterocycles. The Morgan fingerprint density at radius 3 is 2.27 bits per heavy atom.